The highest BCUT2D eigenvalue weighted by molar-refractivity contribution is 5.92. The molecule has 2 aromatic heterocycles. The van der Waals surface area contributed by atoms with Crippen LogP contribution in [0.5, 0.6) is 0 Å². The van der Waals surface area contributed by atoms with Crippen LogP contribution in [0.2, 0.25) is 0 Å². The van der Waals surface area contributed by atoms with Gasteiger partial charge in [-0.05, 0) is 38.3 Å². The van der Waals surface area contributed by atoms with Crippen LogP contribution in [0.15, 0.2) is 24.3 Å². The molecule has 21 heavy (non-hydrogen) atoms. The van der Waals surface area contributed by atoms with E-state index in [2.05, 4.69) is 34.9 Å². The lowest BCUT2D eigenvalue weighted by molar-refractivity contribution is 0.624. The van der Waals surface area contributed by atoms with Crippen molar-refractivity contribution in [3.63, 3.8) is 0 Å². The van der Waals surface area contributed by atoms with Crippen LogP contribution in [0.3, 0.4) is 0 Å². The number of hydrogen-bond acceptors (Lipinski definition) is 4. The Balaban J connectivity index is 2.02. The molecule has 0 bridgehead atoms. The van der Waals surface area contributed by atoms with Crippen LogP contribution < -0.4 is 4.90 Å². The Hall–Kier alpha value is -2.17. The average molecular weight is 281 g/mol. The van der Waals surface area contributed by atoms with Crippen molar-refractivity contribution in [3.05, 3.63) is 30.1 Å². The summed E-state index contributed by atoms with van der Waals surface area (Å²) >= 11 is 0. The van der Waals surface area contributed by atoms with Gasteiger partial charge in [-0.25, -0.2) is 9.97 Å². The van der Waals surface area contributed by atoms with Gasteiger partial charge in [0.05, 0.1) is 5.52 Å². The normalized spacial score (nSPS) is 22.5. The van der Waals surface area contributed by atoms with Crippen molar-refractivity contribution in [3.8, 4) is 0 Å². The molecule has 5 nitrogen and oxygen atoms in total. The predicted octanol–water partition coefficient (Wildman–Crippen LogP) is 2.82. The van der Waals surface area contributed by atoms with Gasteiger partial charge in [0.25, 0.3) is 0 Å². The van der Waals surface area contributed by atoms with Crippen LogP contribution in [0, 0.1) is 12.8 Å². The maximum atomic E-state index is 4.87. The lowest BCUT2D eigenvalue weighted by Crippen LogP contribution is -2.30. The second kappa shape index (κ2) is 4.41. The number of benzene rings is 1. The SMILES string of the molecule is Cc1nc2c3ccccc3nc(N3C[C@H](C)C[C@@H]3C)n2n1. The first-order valence-electron chi connectivity index (χ1n) is 7.52. The number of hydrogen-bond donors (Lipinski definition) is 0. The van der Waals surface area contributed by atoms with E-state index in [1.807, 2.05) is 29.6 Å². The van der Waals surface area contributed by atoms with Crippen LogP contribution in [0.1, 0.15) is 26.1 Å². The molecule has 2 atom stereocenters. The van der Waals surface area contributed by atoms with Gasteiger partial charge >= 0.3 is 0 Å². The summed E-state index contributed by atoms with van der Waals surface area (Å²) in [6.45, 7) is 7.51. The molecule has 1 fully saturated rings. The molecule has 0 N–H and O–H groups in total. The van der Waals surface area contributed by atoms with Crippen molar-refractivity contribution in [1.82, 2.24) is 19.6 Å². The van der Waals surface area contributed by atoms with Crippen LogP contribution in [-0.2, 0) is 0 Å². The highest BCUT2D eigenvalue weighted by Crippen LogP contribution is 2.29. The summed E-state index contributed by atoms with van der Waals surface area (Å²) in [7, 11) is 0. The molecule has 0 amide bonds. The molecule has 0 unspecified atom stereocenters. The molecule has 1 aromatic carbocycles. The lowest BCUT2D eigenvalue weighted by atomic mass is 10.1. The average Bonchev–Trinajstić information content (AvgIpc) is 3.00. The molecule has 1 aliphatic rings. The third kappa shape index (κ3) is 1.87. The molecule has 1 saturated heterocycles. The highest BCUT2D eigenvalue weighted by Gasteiger charge is 2.29. The minimum absolute atomic E-state index is 0.487. The Kier molecular flexibility index (Phi) is 2.64. The molecule has 1 aliphatic heterocycles. The fourth-order valence-electron chi connectivity index (χ4n) is 3.41. The molecule has 0 spiro atoms. The van der Waals surface area contributed by atoms with Crippen LogP contribution in [0.25, 0.3) is 16.6 Å². The largest absolute Gasteiger partial charge is 0.338 e. The van der Waals surface area contributed by atoms with Crippen molar-refractivity contribution in [1.29, 1.82) is 0 Å². The Labute approximate surface area is 123 Å². The summed E-state index contributed by atoms with van der Waals surface area (Å²) in [4.78, 5) is 11.8. The summed E-state index contributed by atoms with van der Waals surface area (Å²) in [5.74, 6) is 2.39. The smallest absolute Gasteiger partial charge is 0.229 e. The Morgan fingerprint density at radius 3 is 2.71 bits per heavy atom. The standard InChI is InChI=1S/C16H19N5/c1-10-8-11(2)20(9-10)16-18-14-7-5-4-6-13(14)15-17-12(3)19-21(15)16/h4-7,10-11H,8-9H2,1-3H3/t10-,11+/m1/s1. The summed E-state index contributed by atoms with van der Waals surface area (Å²) < 4.78 is 1.91. The molecule has 0 saturated carbocycles. The van der Waals surface area contributed by atoms with E-state index in [4.69, 9.17) is 4.98 Å². The van der Waals surface area contributed by atoms with Gasteiger partial charge < -0.3 is 4.90 Å². The molecule has 3 heterocycles. The van der Waals surface area contributed by atoms with Gasteiger partial charge in [0.15, 0.2) is 5.65 Å². The van der Waals surface area contributed by atoms with Crippen molar-refractivity contribution in [2.45, 2.75) is 33.2 Å². The number of fused-ring (bicyclic) bond motifs is 3. The van der Waals surface area contributed by atoms with E-state index in [-0.39, 0.29) is 0 Å². The molecule has 3 aromatic rings. The summed E-state index contributed by atoms with van der Waals surface area (Å²) in [6.07, 6.45) is 1.20. The van der Waals surface area contributed by atoms with Crippen LogP contribution >= 0.6 is 0 Å². The van der Waals surface area contributed by atoms with E-state index in [0.717, 1.165) is 34.9 Å². The van der Waals surface area contributed by atoms with Gasteiger partial charge in [0.1, 0.15) is 5.82 Å². The highest BCUT2D eigenvalue weighted by atomic mass is 15.4. The minimum atomic E-state index is 0.487. The Bertz CT molecular complexity index is 822. The van der Waals surface area contributed by atoms with E-state index >= 15 is 0 Å². The first-order chi connectivity index (χ1) is 10.1. The molecule has 108 valence electrons. The number of aryl methyl sites for hydroxylation is 1. The van der Waals surface area contributed by atoms with E-state index in [0.29, 0.717) is 12.0 Å². The van der Waals surface area contributed by atoms with E-state index < -0.39 is 0 Å². The van der Waals surface area contributed by atoms with E-state index in [9.17, 15) is 0 Å². The Morgan fingerprint density at radius 2 is 1.95 bits per heavy atom. The van der Waals surface area contributed by atoms with Gasteiger partial charge in [0, 0.05) is 18.0 Å². The van der Waals surface area contributed by atoms with Crippen LogP contribution in [-0.4, -0.2) is 32.2 Å². The molecular formula is C16H19N5. The summed E-state index contributed by atoms with van der Waals surface area (Å²) in [5.41, 5.74) is 1.89. The fourth-order valence-corrected chi connectivity index (χ4v) is 3.41. The van der Waals surface area contributed by atoms with Crippen LogP contribution in [0.4, 0.5) is 5.95 Å². The summed E-state index contributed by atoms with van der Waals surface area (Å²) in [5, 5.41) is 5.63. The van der Waals surface area contributed by atoms with Crippen molar-refractivity contribution in [2.75, 3.05) is 11.4 Å². The second-order valence-corrected chi connectivity index (χ2v) is 6.17. The molecule has 0 radical (unpaired) electrons. The molecule has 0 aliphatic carbocycles. The molecular weight excluding hydrogens is 262 g/mol. The van der Waals surface area contributed by atoms with Gasteiger partial charge in [0.2, 0.25) is 5.95 Å². The van der Waals surface area contributed by atoms with Crippen molar-refractivity contribution < 1.29 is 0 Å². The maximum Gasteiger partial charge on any atom is 0.229 e. The lowest BCUT2D eigenvalue weighted by Gasteiger charge is -2.23. The predicted molar refractivity (Wildman–Crippen MR) is 83.6 cm³/mol. The van der Waals surface area contributed by atoms with Gasteiger partial charge in [-0.3, -0.25) is 0 Å². The first-order valence-corrected chi connectivity index (χ1v) is 7.52. The third-order valence-corrected chi connectivity index (χ3v) is 4.31. The quantitative estimate of drug-likeness (QED) is 0.688. The number of nitrogens with zero attached hydrogens (tertiary/aromatic N) is 5. The fraction of sp³-hybridized carbons (Fsp3) is 0.438. The second-order valence-electron chi connectivity index (χ2n) is 6.17. The molecule has 4 rings (SSSR count). The van der Waals surface area contributed by atoms with Gasteiger partial charge in [-0.15, -0.1) is 5.10 Å². The number of aromatic nitrogens is 4. The van der Waals surface area contributed by atoms with Crippen molar-refractivity contribution in [2.24, 2.45) is 5.92 Å². The zero-order chi connectivity index (χ0) is 14.6. The zero-order valence-corrected chi connectivity index (χ0v) is 12.6. The maximum absolute atomic E-state index is 4.87. The zero-order valence-electron chi connectivity index (χ0n) is 12.6. The minimum Gasteiger partial charge on any atom is -0.338 e. The number of anilines is 1. The van der Waals surface area contributed by atoms with E-state index in [1.165, 1.54) is 6.42 Å². The monoisotopic (exact) mass is 281 g/mol. The van der Waals surface area contributed by atoms with Gasteiger partial charge in [-0.1, -0.05) is 19.1 Å². The number of para-hydroxylation sites is 1. The van der Waals surface area contributed by atoms with Crippen molar-refractivity contribution >= 4 is 22.5 Å². The van der Waals surface area contributed by atoms with E-state index in [1.54, 1.807) is 0 Å². The summed E-state index contributed by atoms with van der Waals surface area (Å²) in [6, 6.07) is 8.64. The Morgan fingerprint density at radius 1 is 1.14 bits per heavy atom. The third-order valence-electron chi connectivity index (χ3n) is 4.31. The first kappa shape index (κ1) is 12.6. The topological polar surface area (TPSA) is 46.3 Å². The number of rotatable bonds is 1. The van der Waals surface area contributed by atoms with Gasteiger partial charge in [-0.2, -0.15) is 4.52 Å². The molecule has 5 heteroatoms.